The van der Waals surface area contributed by atoms with E-state index in [9.17, 15) is 9.59 Å². The number of hydrogen-bond donors (Lipinski definition) is 3. The predicted molar refractivity (Wildman–Crippen MR) is 108 cm³/mol. The van der Waals surface area contributed by atoms with E-state index in [0.717, 1.165) is 10.4 Å². The Kier molecular flexibility index (Phi) is 5.06. The Bertz CT molecular complexity index is 1190. The van der Waals surface area contributed by atoms with Gasteiger partial charge in [-0.2, -0.15) is 10.2 Å². The number of fused-ring (bicyclic) bond motifs is 1. The number of aromatic nitrogens is 5. The third-order valence-electron chi connectivity index (χ3n) is 4.25. The third-order valence-corrected chi connectivity index (χ3v) is 5.41. The van der Waals surface area contributed by atoms with Crippen LogP contribution in [0.15, 0.2) is 37.1 Å². The molecule has 4 aromatic heterocycles. The zero-order chi connectivity index (χ0) is 20.4. The molecule has 0 aliphatic heterocycles. The van der Waals surface area contributed by atoms with Crippen molar-refractivity contribution in [1.29, 1.82) is 0 Å². The van der Waals surface area contributed by atoms with E-state index in [-0.39, 0.29) is 12.5 Å². The van der Waals surface area contributed by atoms with Gasteiger partial charge in [-0.25, -0.2) is 4.52 Å². The van der Waals surface area contributed by atoms with Gasteiger partial charge in [0, 0.05) is 18.0 Å². The first-order chi connectivity index (χ1) is 14.1. The molecule has 0 atom stereocenters. The van der Waals surface area contributed by atoms with Crippen molar-refractivity contribution in [2.45, 2.75) is 13.5 Å². The Labute approximate surface area is 168 Å². The van der Waals surface area contributed by atoms with Crippen LogP contribution in [0.3, 0.4) is 0 Å². The largest absolute Gasteiger partial charge is 0.394 e. The number of thiazole rings is 1. The smallest absolute Gasteiger partial charge is 0.260 e. The molecule has 0 unspecified atom stereocenters. The number of rotatable bonds is 7. The molecular weight excluding hydrogens is 394 g/mol. The second-order valence-electron chi connectivity index (χ2n) is 6.19. The summed E-state index contributed by atoms with van der Waals surface area (Å²) >= 11 is 1.42. The third kappa shape index (κ3) is 3.73. The highest BCUT2D eigenvalue weighted by atomic mass is 32.1. The molecule has 10 nitrogen and oxygen atoms in total. The van der Waals surface area contributed by atoms with Gasteiger partial charge in [-0.3, -0.25) is 19.3 Å². The molecule has 0 aliphatic carbocycles. The summed E-state index contributed by atoms with van der Waals surface area (Å²) in [7, 11) is 0. The molecule has 0 saturated heterocycles. The zero-order valence-corrected chi connectivity index (χ0v) is 16.2. The maximum atomic E-state index is 12.8. The van der Waals surface area contributed by atoms with Gasteiger partial charge >= 0.3 is 0 Å². The predicted octanol–water partition coefficient (Wildman–Crippen LogP) is 1.78. The lowest BCUT2D eigenvalue weighted by atomic mass is 10.2. The summed E-state index contributed by atoms with van der Waals surface area (Å²) in [6.07, 6.45) is 8.95. The monoisotopic (exact) mass is 411 g/mol. The van der Waals surface area contributed by atoms with Crippen LogP contribution in [0.5, 0.6) is 0 Å². The number of carbonyl (C=O) groups is 2. The number of aryl methyl sites for hydroxylation is 1. The molecule has 2 amide bonds. The molecule has 3 N–H and O–H groups in total. The van der Waals surface area contributed by atoms with Gasteiger partial charge in [0.25, 0.3) is 5.91 Å². The normalized spacial score (nSPS) is 11.0. The van der Waals surface area contributed by atoms with Crippen LogP contribution in [-0.4, -0.2) is 48.4 Å². The van der Waals surface area contributed by atoms with E-state index in [1.807, 2.05) is 12.4 Å². The molecule has 11 heteroatoms. The Morgan fingerprint density at radius 3 is 2.93 bits per heavy atom. The van der Waals surface area contributed by atoms with E-state index in [1.165, 1.54) is 23.7 Å². The first-order valence-electron chi connectivity index (χ1n) is 8.68. The molecule has 4 rings (SSSR count). The van der Waals surface area contributed by atoms with E-state index in [2.05, 4.69) is 25.8 Å². The molecule has 29 heavy (non-hydrogen) atoms. The number of anilines is 2. The van der Waals surface area contributed by atoms with Crippen molar-refractivity contribution in [2.75, 3.05) is 17.2 Å². The lowest BCUT2D eigenvalue weighted by Crippen LogP contribution is -2.13. The second-order valence-corrected chi connectivity index (χ2v) is 7.22. The summed E-state index contributed by atoms with van der Waals surface area (Å²) in [6, 6.07) is 1.64. The quantitative estimate of drug-likeness (QED) is 0.398. The summed E-state index contributed by atoms with van der Waals surface area (Å²) in [4.78, 5) is 29.2. The Morgan fingerprint density at radius 1 is 1.28 bits per heavy atom. The molecule has 0 bridgehead atoms. The van der Waals surface area contributed by atoms with Crippen LogP contribution in [0.1, 0.15) is 16.1 Å². The summed E-state index contributed by atoms with van der Waals surface area (Å²) < 4.78 is 3.30. The number of carbonyl (C=O) groups excluding carboxylic acids is 2. The van der Waals surface area contributed by atoms with Gasteiger partial charge in [0.1, 0.15) is 4.83 Å². The van der Waals surface area contributed by atoms with E-state index in [1.54, 1.807) is 28.4 Å². The molecule has 0 fully saturated rings. The molecule has 148 valence electrons. The van der Waals surface area contributed by atoms with Gasteiger partial charge in [0.15, 0.2) is 0 Å². The fraction of sp³-hybridized carbons (Fsp3) is 0.167. The molecule has 0 spiro atoms. The van der Waals surface area contributed by atoms with Crippen LogP contribution in [-0.2, 0) is 11.3 Å². The standard InChI is InChI=1S/C18H17N7O3S/c1-11-15(4-13(6-19-11)20-10-27)23-17(28)14-7-22-25-9-16(29-18(14)25)12-5-21-24(8-12)2-3-26/h4-10,26H,2-3H2,1H3,(H,20,27)(H,23,28). The number of amides is 2. The molecule has 0 aromatic carbocycles. The number of aliphatic hydroxyl groups is 1. The van der Waals surface area contributed by atoms with Gasteiger partial charge in [-0.1, -0.05) is 0 Å². The van der Waals surface area contributed by atoms with Crippen molar-refractivity contribution in [3.05, 3.63) is 48.3 Å². The highest BCUT2D eigenvalue weighted by Crippen LogP contribution is 2.30. The first kappa shape index (κ1) is 18.8. The van der Waals surface area contributed by atoms with Gasteiger partial charge in [-0.05, 0) is 13.0 Å². The average molecular weight is 411 g/mol. The van der Waals surface area contributed by atoms with Crippen molar-refractivity contribution >= 4 is 39.9 Å². The summed E-state index contributed by atoms with van der Waals surface area (Å²) in [5, 5.41) is 22.8. The first-order valence-corrected chi connectivity index (χ1v) is 9.49. The molecule has 0 saturated carbocycles. The van der Waals surface area contributed by atoms with E-state index < -0.39 is 0 Å². The van der Waals surface area contributed by atoms with Crippen LogP contribution in [0.4, 0.5) is 11.4 Å². The van der Waals surface area contributed by atoms with Gasteiger partial charge < -0.3 is 15.7 Å². The molecule has 4 heterocycles. The fourth-order valence-corrected chi connectivity index (χ4v) is 3.82. The van der Waals surface area contributed by atoms with Crippen LogP contribution in [0, 0.1) is 6.92 Å². The van der Waals surface area contributed by atoms with E-state index >= 15 is 0 Å². The molecular formula is C18H17N7O3S. The number of pyridine rings is 1. The van der Waals surface area contributed by atoms with E-state index in [4.69, 9.17) is 5.11 Å². The average Bonchev–Trinajstić information content (AvgIpc) is 3.40. The van der Waals surface area contributed by atoms with Crippen molar-refractivity contribution in [3.8, 4) is 10.4 Å². The Balaban J connectivity index is 1.61. The molecule has 0 radical (unpaired) electrons. The number of nitrogens with one attached hydrogen (secondary N) is 2. The lowest BCUT2D eigenvalue weighted by Gasteiger charge is -2.08. The SMILES string of the molecule is Cc1ncc(NC=O)cc1NC(=O)c1cnn2cc(-c3cnn(CCO)c3)sc12. The number of hydrogen-bond acceptors (Lipinski definition) is 7. The van der Waals surface area contributed by atoms with Crippen molar-refractivity contribution in [1.82, 2.24) is 24.4 Å². The van der Waals surface area contributed by atoms with E-state index in [0.29, 0.717) is 40.4 Å². The summed E-state index contributed by atoms with van der Waals surface area (Å²) in [6.45, 7) is 2.19. The number of aliphatic hydroxyl groups excluding tert-OH is 1. The zero-order valence-electron chi connectivity index (χ0n) is 15.4. The van der Waals surface area contributed by atoms with Crippen molar-refractivity contribution in [2.24, 2.45) is 0 Å². The molecule has 0 aliphatic rings. The maximum Gasteiger partial charge on any atom is 0.260 e. The van der Waals surface area contributed by atoms with Crippen LogP contribution >= 0.6 is 11.3 Å². The maximum absolute atomic E-state index is 12.8. The second kappa shape index (κ2) is 7.81. The van der Waals surface area contributed by atoms with Crippen molar-refractivity contribution < 1.29 is 14.7 Å². The number of nitrogens with zero attached hydrogens (tertiary/aromatic N) is 5. The van der Waals surface area contributed by atoms with Crippen LogP contribution < -0.4 is 10.6 Å². The topological polar surface area (TPSA) is 126 Å². The van der Waals surface area contributed by atoms with Crippen molar-refractivity contribution in [3.63, 3.8) is 0 Å². The van der Waals surface area contributed by atoms with Gasteiger partial charge in [-0.15, -0.1) is 11.3 Å². The minimum absolute atomic E-state index is 0.0110. The molecule has 4 aromatic rings. The lowest BCUT2D eigenvalue weighted by molar-refractivity contribution is -0.105. The highest BCUT2D eigenvalue weighted by Gasteiger charge is 2.18. The fourth-order valence-electron chi connectivity index (χ4n) is 2.79. The summed E-state index contributed by atoms with van der Waals surface area (Å²) in [5.74, 6) is -0.322. The van der Waals surface area contributed by atoms with Crippen LogP contribution in [0.2, 0.25) is 0 Å². The minimum Gasteiger partial charge on any atom is -0.394 e. The minimum atomic E-state index is -0.322. The van der Waals surface area contributed by atoms with Gasteiger partial charge in [0.05, 0.1) is 59.3 Å². The Morgan fingerprint density at radius 2 is 2.14 bits per heavy atom. The summed E-state index contributed by atoms with van der Waals surface area (Å²) in [5.41, 5.74) is 2.93. The highest BCUT2D eigenvalue weighted by molar-refractivity contribution is 7.21. The Hall–Kier alpha value is -3.57. The van der Waals surface area contributed by atoms with Gasteiger partial charge in [0.2, 0.25) is 6.41 Å². The van der Waals surface area contributed by atoms with Crippen LogP contribution in [0.25, 0.3) is 15.3 Å².